The monoisotopic (exact) mass is 2290 g/mol. The minimum absolute atomic E-state index is 0.0690. The number of imidazole rings is 6. The van der Waals surface area contributed by atoms with Gasteiger partial charge >= 0.3 is 31.0 Å². The summed E-state index contributed by atoms with van der Waals surface area (Å²) in [5.41, 5.74) is 26.0. The van der Waals surface area contributed by atoms with Crippen molar-refractivity contribution in [2.75, 3.05) is 77.5 Å². The lowest BCUT2D eigenvalue weighted by Gasteiger charge is -2.08. The third kappa shape index (κ3) is 32.0. The number of Topliss-reactive ketones (excluding diaryl/α,β-unsaturated/α-hetero) is 1. The maximum absolute atomic E-state index is 12.5. The van der Waals surface area contributed by atoms with Crippen LogP contribution in [0.4, 0.5) is 17.3 Å². The van der Waals surface area contributed by atoms with Crippen LogP contribution in [0, 0.1) is 0 Å². The number of hydrogen-bond donors (Lipinski definition) is 6. The van der Waals surface area contributed by atoms with E-state index in [1.165, 1.54) is 19.2 Å². The molecule has 18 aromatic rings. The smallest absolute Gasteiger partial charge is 0.489 e. The van der Waals surface area contributed by atoms with E-state index in [2.05, 4.69) is 103 Å². The summed E-state index contributed by atoms with van der Waals surface area (Å²) in [6.07, 6.45) is 21.4. The van der Waals surface area contributed by atoms with Crippen LogP contribution in [0.25, 0.3) is 72.8 Å². The quantitative estimate of drug-likeness (QED) is 0.00732. The van der Waals surface area contributed by atoms with Crippen molar-refractivity contribution in [3.8, 4) is 56.4 Å². The Bertz CT molecular complexity index is 7470. The normalized spacial score (nSPS) is 10.6. The Balaban J connectivity index is 0.000000163. The number of hydrogen-bond acceptors (Lipinski definition) is 27. The number of amides is 1. The number of carbonyl (C=O) groups excluding carboxylic acids is 6. The van der Waals surface area contributed by atoms with Crippen molar-refractivity contribution in [2.45, 2.75) is 66.2 Å². The second-order valence-electron chi connectivity index (χ2n) is 30.2. The van der Waals surface area contributed by atoms with E-state index in [4.69, 9.17) is 141 Å². The second-order valence-corrected chi connectivity index (χ2v) is 35.5. The minimum Gasteiger partial charge on any atom is -0.497 e. The standard InChI is InChI=1S/C21H17Cl2N5O2.C21H15Cl2N5O.C18H17ClN2O3.2C11H11BrN2O2.C7H8BClO3.C6H9ClO3.C5H5BrN2/c1-30-13-4-5-14(16(22)10-13)15-3-2-8-28-11-12(25-21(15)28)9-19(29)26-17-6-7-18(23)27-20(17)24;1-29-13-4-5-14(16(22)10-13)15-3-2-8-28-11-12(24-21(15)28)9-19-25-17-6-7-18(23)26-20(17)27-19;1-3-24-17(22)9-12-11-21-8-4-5-15(18(21)20-12)14-7-6-13(23-2)10-16(14)19;2*1-2-16-10(15)6-8-7-14-5-3-4-9(12)11(14)13-8;1-12-5-2-3-6(8(10)11)7(9)4-5;1-2-10-6(9)3-5(8)4-7;6-4-2-1-3-8-5(4)7/h2-8,10-11H,9H2,1H3,(H2,24,27)(H,26,29);2-8,10-11H,9H2,1H3,(H,25,26,27);4-8,10-11H,3,9H2,1-2H3;2*3-5,7H,2,6H2,1H3;2-4,10-11H,1H3;2-4H2,1H3;1-3H,(H2,7,8). The van der Waals surface area contributed by atoms with Crippen molar-refractivity contribution in [3.63, 3.8) is 0 Å². The van der Waals surface area contributed by atoms with Crippen LogP contribution in [0.1, 0.15) is 68.4 Å². The van der Waals surface area contributed by atoms with Gasteiger partial charge in [0.2, 0.25) is 5.91 Å². The number of ether oxygens (including phenoxy) is 8. The van der Waals surface area contributed by atoms with E-state index in [0.717, 1.165) is 86.4 Å². The fraction of sp³-hybridized carbons (Fsp3) is 0.190. The molecule has 0 bridgehead atoms. The zero-order chi connectivity index (χ0) is 105. The van der Waals surface area contributed by atoms with Crippen molar-refractivity contribution in [3.05, 3.63) is 316 Å². The first-order valence-corrected chi connectivity index (χ1v) is 49.1. The van der Waals surface area contributed by atoms with E-state index < -0.39 is 13.1 Å². The summed E-state index contributed by atoms with van der Waals surface area (Å²) in [7, 11) is 4.78. The van der Waals surface area contributed by atoms with Crippen LogP contribution in [0.5, 0.6) is 23.0 Å². The van der Waals surface area contributed by atoms with Gasteiger partial charge in [-0.15, -0.1) is 11.6 Å². The molecule has 4 aromatic carbocycles. The number of methoxy groups -OCH3 is 4. The molecule has 45 heteroatoms. The Morgan fingerprint density at radius 3 is 1.16 bits per heavy atom. The lowest BCUT2D eigenvalue weighted by Crippen LogP contribution is -2.30. The number of fused-ring (bicyclic) bond motifs is 6. The Hall–Kier alpha value is -13.5. The molecule has 0 saturated heterocycles. The number of pyridine rings is 8. The van der Waals surface area contributed by atoms with Crippen molar-refractivity contribution in [1.82, 2.24) is 71.8 Å². The summed E-state index contributed by atoms with van der Waals surface area (Å²) in [5.74, 6) is 2.16. The van der Waals surface area contributed by atoms with Gasteiger partial charge in [-0.25, -0.2) is 44.9 Å². The molecule has 145 heavy (non-hydrogen) atoms. The molecule has 14 aromatic heterocycles. The number of aromatic nitrogens is 15. The highest BCUT2D eigenvalue weighted by Crippen LogP contribution is 2.38. The van der Waals surface area contributed by atoms with E-state index in [9.17, 15) is 28.8 Å². The van der Waals surface area contributed by atoms with E-state index in [0.29, 0.717) is 122 Å². The van der Waals surface area contributed by atoms with Crippen molar-refractivity contribution < 1.29 is 76.7 Å². The molecule has 14 heterocycles. The zero-order valence-electron chi connectivity index (χ0n) is 78.7. The molecule has 0 spiro atoms. The summed E-state index contributed by atoms with van der Waals surface area (Å²) in [5, 5.41) is 23.0. The molecule has 34 nitrogen and oxygen atoms in total. The lowest BCUT2D eigenvalue weighted by atomic mass is 9.80. The number of benzene rings is 4. The first-order chi connectivity index (χ1) is 69.7. The molecule has 0 saturated carbocycles. The van der Waals surface area contributed by atoms with E-state index in [1.54, 1.807) is 104 Å². The van der Waals surface area contributed by atoms with Gasteiger partial charge in [-0.2, -0.15) is 0 Å². The first kappa shape index (κ1) is 112. The average molecular weight is 2300 g/mol. The molecule has 0 aliphatic carbocycles. The molecule has 0 unspecified atom stereocenters. The van der Waals surface area contributed by atoms with Crippen LogP contribution in [0.2, 0.25) is 30.4 Å². The third-order valence-corrected chi connectivity index (χ3v) is 24.0. The summed E-state index contributed by atoms with van der Waals surface area (Å²) in [4.78, 5) is 110. The van der Waals surface area contributed by atoms with Gasteiger partial charge in [-0.3, -0.25) is 28.8 Å². The van der Waals surface area contributed by atoms with Crippen molar-refractivity contribution in [1.29, 1.82) is 0 Å². The van der Waals surface area contributed by atoms with E-state index in [1.807, 2.05) is 193 Å². The van der Waals surface area contributed by atoms with Gasteiger partial charge in [0.05, 0.1) is 155 Å². The molecule has 8 N–H and O–H groups in total. The van der Waals surface area contributed by atoms with Gasteiger partial charge in [-0.05, 0) is 239 Å². The highest BCUT2D eigenvalue weighted by atomic mass is 79.9. The molecule has 0 aliphatic rings. The number of carbonyl (C=O) groups is 6. The van der Waals surface area contributed by atoms with Crippen LogP contribution < -0.4 is 41.2 Å². The fourth-order valence-corrected chi connectivity index (χ4v) is 16.3. The highest BCUT2D eigenvalue weighted by Gasteiger charge is 2.22. The first-order valence-electron chi connectivity index (χ1n) is 43.9. The highest BCUT2D eigenvalue weighted by molar-refractivity contribution is 9.11. The maximum atomic E-state index is 12.5. The van der Waals surface area contributed by atoms with Crippen LogP contribution in [-0.2, 0) is 79.8 Å². The van der Waals surface area contributed by atoms with Crippen molar-refractivity contribution in [2.24, 2.45) is 0 Å². The molecule has 0 radical (unpaired) electrons. The Labute approximate surface area is 891 Å². The maximum Gasteiger partial charge on any atom is 0.489 e. The molecular formula is C100H93BBr3Cl7N18O16. The molecule has 1 amide bonds. The van der Waals surface area contributed by atoms with Gasteiger partial charge in [0.15, 0.2) is 22.7 Å². The number of nitrogens with one attached hydrogen (secondary N) is 2. The summed E-state index contributed by atoms with van der Waals surface area (Å²) >= 11 is 51.9. The molecule has 0 aliphatic heterocycles. The third-order valence-electron chi connectivity index (χ3n) is 20.1. The summed E-state index contributed by atoms with van der Waals surface area (Å²) in [6, 6.07) is 51.0. The average Bonchev–Trinajstić information content (AvgIpc) is 1.67. The number of nitrogens with two attached hydrogens (primary N) is 2. The van der Waals surface area contributed by atoms with Gasteiger partial charge < -0.3 is 91.7 Å². The van der Waals surface area contributed by atoms with Crippen molar-refractivity contribution >= 4 is 234 Å². The number of nitrogens with zero attached hydrogens (tertiary/aromatic N) is 14. The van der Waals surface area contributed by atoms with E-state index in [-0.39, 0.29) is 89.0 Å². The molecule has 0 atom stereocenters. The number of aromatic amines is 1. The fourth-order valence-electron chi connectivity index (χ4n) is 13.7. The van der Waals surface area contributed by atoms with E-state index >= 15 is 0 Å². The predicted molar refractivity (Wildman–Crippen MR) is 572 cm³/mol. The number of H-pyrrole nitrogens is 1. The van der Waals surface area contributed by atoms with Crippen LogP contribution in [-0.4, -0.2) is 185 Å². The van der Waals surface area contributed by atoms with Gasteiger partial charge in [0.25, 0.3) is 0 Å². The SMILES string of the molecule is CCOC(=O)CC(=O)CCl.CCOC(=O)Cc1cn2cccc(-c3ccc(OC)cc3Cl)c2n1.CCOC(=O)Cc1cn2cccc(Br)c2n1.CCOC(=O)Cc1cn2cccc(Br)c2n1.COc1ccc(-c2cccn3cc(CC(=O)Nc4ccc(Cl)nc4N)nc23)c(Cl)c1.COc1ccc(-c2cccn3cc(Cc4nc5nc(Cl)ccc5[nH]4)nc23)c(Cl)c1.COc1ccc(B(O)O)c(Cl)c1.Nc1ncccc1Br. The van der Waals surface area contributed by atoms with Gasteiger partial charge in [0.1, 0.15) is 74.1 Å². The number of halogens is 10. The number of nitrogen functional groups attached to an aromatic ring is 2. The summed E-state index contributed by atoms with van der Waals surface area (Å²) < 4.78 is 51.9. The minimum atomic E-state index is -1.54. The number of rotatable bonds is 26. The molecule has 18 rings (SSSR count). The largest absolute Gasteiger partial charge is 0.497 e. The second kappa shape index (κ2) is 55.0. The number of esters is 4. The predicted octanol–water partition coefficient (Wildman–Crippen LogP) is 20.0. The van der Waals surface area contributed by atoms with Gasteiger partial charge in [0, 0.05) is 118 Å². The Kier molecular flexibility index (Phi) is 42.4. The number of alkyl halides is 1. The topological polar surface area (TPSA) is 435 Å². The Morgan fingerprint density at radius 2 is 0.779 bits per heavy atom. The zero-order valence-corrected chi connectivity index (χ0v) is 88.7. The van der Waals surface area contributed by atoms with Crippen LogP contribution in [0.3, 0.4) is 0 Å². The molecular weight excluding hydrogens is 2210 g/mol. The van der Waals surface area contributed by atoms with Crippen LogP contribution >= 0.6 is 129 Å². The summed E-state index contributed by atoms with van der Waals surface area (Å²) in [6.45, 7) is 8.50. The molecule has 752 valence electrons. The number of anilines is 3. The van der Waals surface area contributed by atoms with Crippen LogP contribution in [0.15, 0.2) is 251 Å². The number of ketones is 1. The van der Waals surface area contributed by atoms with Gasteiger partial charge in [-0.1, -0.05) is 75.7 Å². The Morgan fingerprint density at radius 1 is 0.407 bits per heavy atom. The lowest BCUT2D eigenvalue weighted by molar-refractivity contribution is -0.145. The molecule has 0 fully saturated rings.